The summed E-state index contributed by atoms with van der Waals surface area (Å²) in [6.07, 6.45) is 4.94. The molecule has 1 amide bonds. The van der Waals surface area contributed by atoms with E-state index in [4.69, 9.17) is 4.52 Å². The van der Waals surface area contributed by atoms with Gasteiger partial charge in [-0.2, -0.15) is 5.10 Å². The third-order valence-electron chi connectivity index (χ3n) is 4.93. The van der Waals surface area contributed by atoms with E-state index >= 15 is 0 Å². The number of amides is 1. The van der Waals surface area contributed by atoms with Crippen molar-refractivity contribution in [1.29, 1.82) is 0 Å². The minimum absolute atomic E-state index is 0.0135. The average Bonchev–Trinajstić information content (AvgIpc) is 3.23. The van der Waals surface area contributed by atoms with Crippen LogP contribution in [0.3, 0.4) is 0 Å². The Hall–Kier alpha value is -2.19. The zero-order chi connectivity index (χ0) is 18.5. The highest BCUT2D eigenvalue weighted by atomic mass is 16.5. The third-order valence-corrected chi connectivity index (χ3v) is 4.93. The second-order valence-corrected chi connectivity index (χ2v) is 6.94. The zero-order valence-corrected chi connectivity index (χ0v) is 15.4. The van der Waals surface area contributed by atoms with E-state index in [1.807, 2.05) is 30.8 Å². The first kappa shape index (κ1) is 18.6. The first-order chi connectivity index (χ1) is 12.5. The summed E-state index contributed by atoms with van der Waals surface area (Å²) in [5.74, 6) is 0.810. The van der Waals surface area contributed by atoms with E-state index in [2.05, 4.69) is 20.5 Å². The second-order valence-electron chi connectivity index (χ2n) is 6.94. The van der Waals surface area contributed by atoms with Gasteiger partial charge in [-0.25, -0.2) is 0 Å². The Kier molecular flexibility index (Phi) is 6.05. The predicted octanol–water partition coefficient (Wildman–Crippen LogP) is 1.02. The minimum atomic E-state index is -0.570. The fraction of sp³-hybridized carbons (Fsp3) is 0.611. The average molecular weight is 361 g/mol. The number of nitrogens with one attached hydrogen (secondary N) is 1. The lowest BCUT2D eigenvalue weighted by Crippen LogP contribution is -2.53. The van der Waals surface area contributed by atoms with Gasteiger partial charge in [0.2, 0.25) is 5.91 Å². The molecule has 0 aromatic carbocycles. The number of likely N-dealkylation sites (tertiary alicyclic amines) is 1. The largest absolute Gasteiger partial charge is 0.390 e. The normalized spacial score (nSPS) is 21.0. The summed E-state index contributed by atoms with van der Waals surface area (Å²) in [5, 5.41) is 21.5. The number of aliphatic hydroxyl groups excluding tert-OH is 1. The van der Waals surface area contributed by atoms with Crippen LogP contribution in [0, 0.1) is 13.8 Å². The Bertz CT molecular complexity index is 693. The molecule has 0 unspecified atom stereocenters. The van der Waals surface area contributed by atoms with Gasteiger partial charge in [0, 0.05) is 50.6 Å². The molecular formula is C18H27N5O3. The summed E-state index contributed by atoms with van der Waals surface area (Å²) in [7, 11) is 0. The van der Waals surface area contributed by atoms with E-state index in [1.165, 1.54) is 0 Å². The van der Waals surface area contributed by atoms with Crippen LogP contribution in [0.25, 0.3) is 0 Å². The topological polar surface area (TPSA) is 96.4 Å². The van der Waals surface area contributed by atoms with Gasteiger partial charge >= 0.3 is 0 Å². The number of rotatable bonds is 7. The van der Waals surface area contributed by atoms with Crippen LogP contribution in [0.5, 0.6) is 0 Å². The number of carbonyl (C=O) groups excluding carboxylic acids is 1. The maximum atomic E-state index is 12.1. The maximum Gasteiger partial charge on any atom is 0.220 e. The highest BCUT2D eigenvalue weighted by Crippen LogP contribution is 2.19. The van der Waals surface area contributed by atoms with Crippen LogP contribution in [0.15, 0.2) is 23.0 Å². The summed E-state index contributed by atoms with van der Waals surface area (Å²) >= 11 is 0. The van der Waals surface area contributed by atoms with Crippen LogP contribution in [0.2, 0.25) is 0 Å². The minimum Gasteiger partial charge on any atom is -0.390 e. The van der Waals surface area contributed by atoms with E-state index < -0.39 is 6.10 Å². The van der Waals surface area contributed by atoms with Gasteiger partial charge in [0.15, 0.2) is 0 Å². The Labute approximate surface area is 153 Å². The highest BCUT2D eigenvalue weighted by molar-refractivity contribution is 5.76. The smallest absolute Gasteiger partial charge is 0.220 e. The lowest BCUT2D eigenvalue weighted by Gasteiger charge is -2.36. The van der Waals surface area contributed by atoms with E-state index in [0.717, 1.165) is 42.9 Å². The quantitative estimate of drug-likeness (QED) is 0.764. The number of hydrogen-bond acceptors (Lipinski definition) is 6. The molecule has 1 fully saturated rings. The molecule has 1 saturated heterocycles. The molecule has 0 spiro atoms. The number of carbonyl (C=O) groups is 1. The summed E-state index contributed by atoms with van der Waals surface area (Å²) in [6, 6.07) is 1.68. The van der Waals surface area contributed by atoms with Crippen molar-refractivity contribution in [3.63, 3.8) is 0 Å². The molecule has 0 aliphatic carbocycles. The van der Waals surface area contributed by atoms with Crippen molar-refractivity contribution < 1.29 is 14.4 Å². The molecule has 2 atom stereocenters. The lowest BCUT2D eigenvalue weighted by molar-refractivity contribution is -0.123. The van der Waals surface area contributed by atoms with E-state index in [1.54, 1.807) is 6.20 Å². The van der Waals surface area contributed by atoms with Crippen LogP contribution in [0.1, 0.15) is 36.3 Å². The molecule has 3 heterocycles. The maximum absolute atomic E-state index is 12.1. The van der Waals surface area contributed by atoms with Crippen LogP contribution in [-0.4, -0.2) is 56.1 Å². The molecule has 8 nitrogen and oxygen atoms in total. The van der Waals surface area contributed by atoms with Gasteiger partial charge in [0.1, 0.15) is 5.76 Å². The van der Waals surface area contributed by atoms with Crippen molar-refractivity contribution in [2.24, 2.45) is 0 Å². The summed E-state index contributed by atoms with van der Waals surface area (Å²) in [5.41, 5.74) is 1.97. The summed E-state index contributed by atoms with van der Waals surface area (Å²) in [4.78, 5) is 14.3. The third kappa shape index (κ3) is 4.70. The highest BCUT2D eigenvalue weighted by Gasteiger charge is 2.29. The van der Waals surface area contributed by atoms with Gasteiger partial charge in [-0.3, -0.25) is 14.4 Å². The Balaban J connectivity index is 1.41. The number of aryl methyl sites for hydroxylation is 3. The molecule has 0 bridgehead atoms. The van der Waals surface area contributed by atoms with Gasteiger partial charge in [-0.05, 0) is 32.8 Å². The molecule has 2 aromatic heterocycles. The van der Waals surface area contributed by atoms with E-state index in [0.29, 0.717) is 19.5 Å². The molecule has 3 rings (SSSR count). The van der Waals surface area contributed by atoms with Gasteiger partial charge in [-0.15, -0.1) is 0 Å². The van der Waals surface area contributed by atoms with Gasteiger partial charge in [0.25, 0.3) is 0 Å². The van der Waals surface area contributed by atoms with Gasteiger partial charge < -0.3 is 14.9 Å². The Morgan fingerprint density at radius 3 is 2.96 bits per heavy atom. The van der Waals surface area contributed by atoms with E-state index in [-0.39, 0.29) is 11.9 Å². The molecule has 2 N–H and O–H groups in total. The first-order valence-electron chi connectivity index (χ1n) is 9.12. The standard InChI is InChI=1S/C18H27N5O3/c1-13-15(14(2)26-21-13)11-22-10-6-16(17(24)12-22)20-18(25)5-3-8-23-9-4-7-19-23/h4,7,9,16-17,24H,3,5-6,8,10-12H2,1-2H3,(H,20,25)/t16-,17-/m1/s1. The van der Waals surface area contributed by atoms with Gasteiger partial charge in [-0.1, -0.05) is 5.16 Å². The van der Waals surface area contributed by atoms with Crippen LogP contribution < -0.4 is 5.32 Å². The number of piperidine rings is 1. The predicted molar refractivity (Wildman–Crippen MR) is 95.3 cm³/mol. The zero-order valence-electron chi connectivity index (χ0n) is 15.4. The van der Waals surface area contributed by atoms with Crippen molar-refractivity contribution >= 4 is 5.91 Å². The van der Waals surface area contributed by atoms with Crippen molar-refractivity contribution in [1.82, 2.24) is 25.2 Å². The summed E-state index contributed by atoms with van der Waals surface area (Å²) in [6.45, 7) is 6.61. The van der Waals surface area contributed by atoms with Crippen molar-refractivity contribution in [3.05, 3.63) is 35.5 Å². The van der Waals surface area contributed by atoms with Crippen molar-refractivity contribution in [3.8, 4) is 0 Å². The molecular weight excluding hydrogens is 334 g/mol. The molecule has 0 radical (unpaired) electrons. The first-order valence-corrected chi connectivity index (χ1v) is 9.12. The van der Waals surface area contributed by atoms with Crippen molar-refractivity contribution in [2.75, 3.05) is 13.1 Å². The van der Waals surface area contributed by atoms with E-state index in [9.17, 15) is 9.90 Å². The molecule has 2 aromatic rings. The van der Waals surface area contributed by atoms with Crippen LogP contribution >= 0.6 is 0 Å². The fourth-order valence-electron chi connectivity index (χ4n) is 3.37. The SMILES string of the molecule is Cc1noc(C)c1CN1CC[C@@H](NC(=O)CCCn2cccn2)[C@H](O)C1. The second kappa shape index (κ2) is 8.46. The van der Waals surface area contributed by atoms with Crippen LogP contribution in [0.4, 0.5) is 0 Å². The Morgan fingerprint density at radius 1 is 1.46 bits per heavy atom. The molecule has 0 saturated carbocycles. The number of aliphatic hydroxyl groups is 1. The molecule has 1 aliphatic heterocycles. The molecule has 142 valence electrons. The van der Waals surface area contributed by atoms with Crippen LogP contribution in [-0.2, 0) is 17.9 Å². The summed E-state index contributed by atoms with van der Waals surface area (Å²) < 4.78 is 7.01. The number of hydrogen-bond donors (Lipinski definition) is 2. The molecule has 1 aliphatic rings. The molecule has 26 heavy (non-hydrogen) atoms. The van der Waals surface area contributed by atoms with Crippen molar-refractivity contribution in [2.45, 2.75) is 58.3 Å². The monoisotopic (exact) mass is 361 g/mol. The lowest BCUT2D eigenvalue weighted by atomic mass is 10.0. The number of β-amino-alcohol motifs (C(OH)–C–C–N with tert-alkyl or cyclic N) is 1. The fourth-order valence-corrected chi connectivity index (χ4v) is 3.37. The number of nitrogens with zero attached hydrogens (tertiary/aromatic N) is 4. The number of aromatic nitrogens is 3. The molecule has 8 heteroatoms. The Morgan fingerprint density at radius 2 is 2.31 bits per heavy atom. The van der Waals surface area contributed by atoms with Gasteiger partial charge in [0.05, 0.1) is 17.8 Å².